The lowest BCUT2D eigenvalue weighted by atomic mass is 10.2. The lowest BCUT2D eigenvalue weighted by molar-refractivity contribution is -0.0453. The molecule has 2 atom stereocenters. The molecule has 23 heavy (non-hydrogen) atoms. The molecular weight excluding hydrogens is 407 g/mol. The van der Waals surface area contributed by atoms with Crippen LogP contribution >= 0.6 is 24.0 Å². The van der Waals surface area contributed by atoms with E-state index in [1.807, 2.05) is 12.1 Å². The van der Waals surface area contributed by atoms with Gasteiger partial charge in [-0.15, -0.1) is 24.0 Å². The number of rotatable bonds is 5. The molecular formula is C16H27IN4O2. The largest absolute Gasteiger partial charge is 0.467 e. The van der Waals surface area contributed by atoms with Crippen molar-refractivity contribution < 1.29 is 9.15 Å². The van der Waals surface area contributed by atoms with Crippen molar-refractivity contribution >= 4 is 29.9 Å². The van der Waals surface area contributed by atoms with E-state index in [4.69, 9.17) is 9.15 Å². The highest BCUT2D eigenvalue weighted by atomic mass is 127. The fraction of sp³-hybridized carbons (Fsp3) is 0.688. The molecule has 2 N–H and O–H groups in total. The molecule has 2 aliphatic rings. The Hall–Kier alpha value is -0.800. The van der Waals surface area contributed by atoms with Gasteiger partial charge in [-0.25, -0.2) is 4.99 Å². The third-order valence-electron chi connectivity index (χ3n) is 4.28. The molecule has 0 amide bonds. The van der Waals surface area contributed by atoms with Gasteiger partial charge in [-0.1, -0.05) is 0 Å². The Morgan fingerprint density at radius 2 is 2.35 bits per heavy atom. The van der Waals surface area contributed by atoms with Gasteiger partial charge in [-0.2, -0.15) is 0 Å². The molecule has 2 fully saturated rings. The van der Waals surface area contributed by atoms with Crippen LogP contribution in [-0.2, 0) is 11.3 Å². The summed E-state index contributed by atoms with van der Waals surface area (Å²) < 4.78 is 11.3. The van der Waals surface area contributed by atoms with Crippen molar-refractivity contribution in [2.75, 3.05) is 32.8 Å². The van der Waals surface area contributed by atoms with Gasteiger partial charge in [0.25, 0.3) is 0 Å². The smallest absolute Gasteiger partial charge is 0.191 e. The minimum absolute atomic E-state index is 0. The first-order chi connectivity index (χ1) is 10.8. The zero-order valence-electron chi connectivity index (χ0n) is 13.7. The van der Waals surface area contributed by atoms with Crippen molar-refractivity contribution in [2.45, 2.75) is 38.5 Å². The number of guanidine groups is 1. The molecule has 7 heteroatoms. The number of hydrogen-bond acceptors (Lipinski definition) is 4. The van der Waals surface area contributed by atoms with Gasteiger partial charge in [0.1, 0.15) is 12.3 Å². The minimum Gasteiger partial charge on any atom is -0.467 e. The van der Waals surface area contributed by atoms with Crippen molar-refractivity contribution in [2.24, 2.45) is 4.99 Å². The number of nitrogens with zero attached hydrogens (tertiary/aromatic N) is 2. The highest BCUT2D eigenvalue weighted by molar-refractivity contribution is 14.0. The maximum Gasteiger partial charge on any atom is 0.191 e. The van der Waals surface area contributed by atoms with E-state index in [1.165, 1.54) is 19.4 Å². The minimum atomic E-state index is 0. The summed E-state index contributed by atoms with van der Waals surface area (Å²) >= 11 is 0. The number of aliphatic imine (C=N–C) groups is 1. The average molecular weight is 434 g/mol. The van der Waals surface area contributed by atoms with Gasteiger partial charge >= 0.3 is 0 Å². The summed E-state index contributed by atoms with van der Waals surface area (Å²) in [6.45, 7) is 7.34. The summed E-state index contributed by atoms with van der Waals surface area (Å²) in [6, 6.07) is 4.47. The van der Waals surface area contributed by atoms with Gasteiger partial charge < -0.3 is 19.8 Å². The van der Waals surface area contributed by atoms with Crippen LogP contribution in [0.4, 0.5) is 0 Å². The number of fused-ring (bicyclic) bond motifs is 1. The summed E-state index contributed by atoms with van der Waals surface area (Å²) in [6.07, 6.45) is 4.50. The number of morpholine rings is 1. The number of furan rings is 1. The first-order valence-electron chi connectivity index (χ1n) is 8.25. The zero-order valence-corrected chi connectivity index (χ0v) is 16.0. The third-order valence-corrected chi connectivity index (χ3v) is 4.28. The predicted molar refractivity (Wildman–Crippen MR) is 101 cm³/mol. The Labute approximate surface area is 155 Å². The second-order valence-electron chi connectivity index (χ2n) is 5.90. The normalized spacial score (nSPS) is 24.8. The average Bonchev–Trinajstić information content (AvgIpc) is 3.20. The maximum absolute atomic E-state index is 5.97. The maximum atomic E-state index is 5.97. The standard InChI is InChI=1S/C16H26N4O2.HI/c1-2-17-16(18-9-14-6-4-8-21-14)19-10-15-11-20-7-3-5-13(20)12-22-15;/h4,6,8,13,15H,2-3,5,7,9-12H2,1H3,(H2,17,18,19);1H. The second kappa shape index (κ2) is 9.48. The molecule has 6 nitrogen and oxygen atoms in total. The van der Waals surface area contributed by atoms with Crippen molar-refractivity contribution in [3.63, 3.8) is 0 Å². The van der Waals surface area contributed by atoms with Crippen molar-refractivity contribution in [3.8, 4) is 0 Å². The Balaban J connectivity index is 0.00000192. The van der Waals surface area contributed by atoms with Crippen LogP contribution in [0, 0.1) is 0 Å². The van der Waals surface area contributed by atoms with Gasteiger partial charge in [-0.05, 0) is 38.4 Å². The van der Waals surface area contributed by atoms with Crippen LogP contribution in [0.3, 0.4) is 0 Å². The van der Waals surface area contributed by atoms with E-state index in [9.17, 15) is 0 Å². The van der Waals surface area contributed by atoms with Crippen LogP contribution < -0.4 is 10.6 Å². The molecule has 0 radical (unpaired) electrons. The number of ether oxygens (including phenoxy) is 1. The van der Waals surface area contributed by atoms with E-state index in [0.717, 1.165) is 38.0 Å². The molecule has 0 bridgehead atoms. The fourth-order valence-electron chi connectivity index (χ4n) is 3.12. The molecule has 130 valence electrons. The van der Waals surface area contributed by atoms with Crippen molar-refractivity contribution in [1.29, 1.82) is 0 Å². The first kappa shape index (κ1) is 18.5. The summed E-state index contributed by atoms with van der Waals surface area (Å²) in [4.78, 5) is 7.10. The van der Waals surface area contributed by atoms with Gasteiger partial charge in [0.15, 0.2) is 5.96 Å². The van der Waals surface area contributed by atoms with Crippen LogP contribution in [0.5, 0.6) is 0 Å². The summed E-state index contributed by atoms with van der Waals surface area (Å²) in [5.74, 6) is 1.68. The zero-order chi connectivity index (χ0) is 15.2. The lowest BCUT2D eigenvalue weighted by Crippen LogP contribution is -2.51. The first-order valence-corrected chi connectivity index (χ1v) is 8.25. The van der Waals surface area contributed by atoms with E-state index in [0.29, 0.717) is 12.6 Å². The van der Waals surface area contributed by atoms with Gasteiger partial charge in [0, 0.05) is 25.7 Å². The molecule has 2 unspecified atom stereocenters. The summed E-state index contributed by atoms with van der Waals surface area (Å²) in [5, 5.41) is 6.64. The molecule has 0 aliphatic carbocycles. The molecule has 0 aromatic carbocycles. The Morgan fingerprint density at radius 3 is 3.13 bits per heavy atom. The molecule has 0 saturated carbocycles. The van der Waals surface area contributed by atoms with E-state index >= 15 is 0 Å². The monoisotopic (exact) mass is 434 g/mol. The Morgan fingerprint density at radius 1 is 1.43 bits per heavy atom. The lowest BCUT2D eigenvalue weighted by Gasteiger charge is -2.35. The third kappa shape index (κ3) is 5.36. The molecule has 1 aromatic rings. The predicted octanol–water partition coefficient (Wildman–Crippen LogP) is 1.82. The number of halogens is 1. The van der Waals surface area contributed by atoms with Crippen LogP contribution in [0.25, 0.3) is 0 Å². The summed E-state index contributed by atoms with van der Waals surface area (Å²) in [5.41, 5.74) is 0. The van der Waals surface area contributed by atoms with Gasteiger partial charge in [0.05, 0.1) is 19.0 Å². The molecule has 0 spiro atoms. The second-order valence-corrected chi connectivity index (χ2v) is 5.90. The molecule has 2 aliphatic heterocycles. The molecule has 2 saturated heterocycles. The highest BCUT2D eigenvalue weighted by Gasteiger charge is 2.32. The van der Waals surface area contributed by atoms with E-state index in [2.05, 4.69) is 27.4 Å². The van der Waals surface area contributed by atoms with Crippen molar-refractivity contribution in [1.82, 2.24) is 15.5 Å². The SMILES string of the molecule is CCNC(=NCc1ccco1)NCC1CN2CCCC2CO1.I. The summed E-state index contributed by atoms with van der Waals surface area (Å²) in [7, 11) is 0. The highest BCUT2D eigenvalue weighted by Crippen LogP contribution is 2.22. The van der Waals surface area contributed by atoms with E-state index in [1.54, 1.807) is 6.26 Å². The van der Waals surface area contributed by atoms with Crippen LogP contribution in [-0.4, -0.2) is 55.8 Å². The van der Waals surface area contributed by atoms with Crippen molar-refractivity contribution in [3.05, 3.63) is 24.2 Å². The van der Waals surface area contributed by atoms with Gasteiger partial charge in [-0.3, -0.25) is 4.90 Å². The molecule has 1 aromatic heterocycles. The molecule has 3 rings (SSSR count). The number of nitrogens with one attached hydrogen (secondary N) is 2. The van der Waals surface area contributed by atoms with Crippen LogP contribution in [0.1, 0.15) is 25.5 Å². The Kier molecular flexibility index (Phi) is 7.64. The topological polar surface area (TPSA) is 62.0 Å². The van der Waals surface area contributed by atoms with Crippen LogP contribution in [0.2, 0.25) is 0 Å². The van der Waals surface area contributed by atoms with E-state index < -0.39 is 0 Å². The Bertz CT molecular complexity index is 480. The molecule has 3 heterocycles. The van der Waals surface area contributed by atoms with E-state index in [-0.39, 0.29) is 30.1 Å². The fourth-order valence-corrected chi connectivity index (χ4v) is 3.12. The van der Waals surface area contributed by atoms with Crippen LogP contribution in [0.15, 0.2) is 27.8 Å². The van der Waals surface area contributed by atoms with Gasteiger partial charge in [0.2, 0.25) is 0 Å². The quantitative estimate of drug-likeness (QED) is 0.421. The number of hydrogen-bond donors (Lipinski definition) is 2.